The number of hydrogen-bond donors (Lipinski definition) is 1. The summed E-state index contributed by atoms with van der Waals surface area (Å²) >= 11 is 0. The molecule has 2 rings (SSSR count). The Bertz CT molecular complexity index is 766. The van der Waals surface area contributed by atoms with Crippen molar-refractivity contribution < 1.29 is 13.3 Å². The molecule has 0 aliphatic rings. The third kappa shape index (κ3) is 3.62. The molecule has 0 saturated carbocycles. The number of hydrogen-bond acceptors (Lipinski definition) is 4. The van der Waals surface area contributed by atoms with Crippen molar-refractivity contribution in [2.75, 3.05) is 4.72 Å². The zero-order chi connectivity index (χ0) is 16.3. The van der Waals surface area contributed by atoms with Gasteiger partial charge in [0, 0.05) is 17.8 Å². The Kier molecular flexibility index (Phi) is 4.46. The summed E-state index contributed by atoms with van der Waals surface area (Å²) in [5, 5.41) is 10.6. The van der Waals surface area contributed by atoms with Crippen LogP contribution in [-0.4, -0.2) is 13.3 Å². The van der Waals surface area contributed by atoms with Gasteiger partial charge in [-0.3, -0.25) is 14.8 Å². The van der Waals surface area contributed by atoms with Crippen LogP contribution in [-0.2, 0) is 10.0 Å². The van der Waals surface area contributed by atoms with E-state index in [4.69, 9.17) is 0 Å². The number of nitrogens with one attached hydrogen (secondary N) is 1. The van der Waals surface area contributed by atoms with Crippen LogP contribution < -0.4 is 4.72 Å². The fourth-order valence-electron chi connectivity index (χ4n) is 1.90. The largest absolute Gasteiger partial charge is 0.280 e. The van der Waals surface area contributed by atoms with Crippen LogP contribution in [0.15, 0.2) is 53.4 Å². The first-order valence-corrected chi connectivity index (χ1v) is 8.15. The highest BCUT2D eigenvalue weighted by atomic mass is 32.2. The van der Waals surface area contributed by atoms with Gasteiger partial charge >= 0.3 is 0 Å². The first-order valence-electron chi connectivity index (χ1n) is 6.67. The number of nitrogens with zero attached hydrogens (tertiary/aromatic N) is 1. The highest BCUT2D eigenvalue weighted by Gasteiger charge is 2.15. The maximum atomic E-state index is 12.3. The van der Waals surface area contributed by atoms with Crippen molar-refractivity contribution in [3.05, 3.63) is 64.2 Å². The lowest BCUT2D eigenvalue weighted by Crippen LogP contribution is -2.13. The average Bonchev–Trinajstić information content (AvgIpc) is 2.47. The van der Waals surface area contributed by atoms with Crippen LogP contribution in [0.1, 0.15) is 25.3 Å². The van der Waals surface area contributed by atoms with Gasteiger partial charge in [0.2, 0.25) is 0 Å². The molecule has 0 heterocycles. The summed E-state index contributed by atoms with van der Waals surface area (Å²) in [6, 6.07) is 11.9. The Hall–Kier alpha value is -2.41. The number of nitro benzene ring substituents is 1. The van der Waals surface area contributed by atoms with E-state index >= 15 is 0 Å². The van der Waals surface area contributed by atoms with Gasteiger partial charge in [0.15, 0.2) is 0 Å². The quantitative estimate of drug-likeness (QED) is 0.674. The molecule has 0 aliphatic carbocycles. The molecule has 0 bridgehead atoms. The molecule has 22 heavy (non-hydrogen) atoms. The summed E-state index contributed by atoms with van der Waals surface area (Å²) in [7, 11) is -3.71. The first-order chi connectivity index (χ1) is 10.3. The van der Waals surface area contributed by atoms with Crippen molar-refractivity contribution >= 4 is 21.4 Å². The molecule has 0 aliphatic heterocycles. The second-order valence-corrected chi connectivity index (χ2v) is 6.82. The van der Waals surface area contributed by atoms with Gasteiger partial charge in [-0.05, 0) is 35.7 Å². The zero-order valence-corrected chi connectivity index (χ0v) is 13.0. The van der Waals surface area contributed by atoms with Gasteiger partial charge in [-0.25, -0.2) is 8.42 Å². The zero-order valence-electron chi connectivity index (χ0n) is 12.2. The monoisotopic (exact) mass is 320 g/mol. The van der Waals surface area contributed by atoms with Crippen LogP contribution in [0.25, 0.3) is 0 Å². The molecule has 7 heteroatoms. The maximum absolute atomic E-state index is 12.3. The molecule has 116 valence electrons. The number of non-ortho nitro benzene ring substituents is 1. The molecule has 1 N–H and O–H groups in total. The summed E-state index contributed by atoms with van der Waals surface area (Å²) in [5.74, 6) is 0.319. The minimum atomic E-state index is -3.71. The summed E-state index contributed by atoms with van der Waals surface area (Å²) in [6.45, 7) is 4.05. The molecule has 2 aromatic carbocycles. The smallest absolute Gasteiger partial charge is 0.269 e. The molecule has 0 fully saturated rings. The van der Waals surface area contributed by atoms with Gasteiger partial charge in [0.25, 0.3) is 15.7 Å². The van der Waals surface area contributed by atoms with Gasteiger partial charge in [0.05, 0.1) is 9.82 Å². The molecule has 0 radical (unpaired) electrons. The molecule has 0 aromatic heterocycles. The fraction of sp³-hybridized carbons (Fsp3) is 0.200. The highest BCUT2D eigenvalue weighted by molar-refractivity contribution is 7.92. The second-order valence-electron chi connectivity index (χ2n) is 5.13. The van der Waals surface area contributed by atoms with Gasteiger partial charge in [-0.15, -0.1) is 0 Å². The highest BCUT2D eigenvalue weighted by Crippen LogP contribution is 2.21. The van der Waals surface area contributed by atoms with Crippen LogP contribution in [0.5, 0.6) is 0 Å². The summed E-state index contributed by atoms with van der Waals surface area (Å²) in [4.78, 5) is 10.2. The van der Waals surface area contributed by atoms with Crippen LogP contribution in [0.4, 0.5) is 11.4 Å². The molecule has 0 amide bonds. The average molecular weight is 320 g/mol. The van der Waals surface area contributed by atoms with Crippen molar-refractivity contribution in [1.29, 1.82) is 0 Å². The van der Waals surface area contributed by atoms with E-state index in [2.05, 4.69) is 4.72 Å². The van der Waals surface area contributed by atoms with E-state index in [0.29, 0.717) is 5.92 Å². The molecule has 0 spiro atoms. The minimum Gasteiger partial charge on any atom is -0.280 e. The Balaban J connectivity index is 2.21. The van der Waals surface area contributed by atoms with Crippen LogP contribution in [0, 0.1) is 10.1 Å². The van der Waals surface area contributed by atoms with Gasteiger partial charge in [-0.1, -0.05) is 26.0 Å². The molecule has 2 aromatic rings. The standard InChI is InChI=1S/C15H16N2O4S/c1-11(2)12-3-9-15(10-4-12)22(20,21)16-13-5-7-14(8-6-13)17(18)19/h3-11,16H,1-2H3. The topological polar surface area (TPSA) is 89.3 Å². The normalized spacial score (nSPS) is 11.4. The SMILES string of the molecule is CC(C)c1ccc(S(=O)(=O)Nc2ccc([N+](=O)[O-])cc2)cc1. The summed E-state index contributed by atoms with van der Waals surface area (Å²) in [5.41, 5.74) is 1.23. The lowest BCUT2D eigenvalue weighted by atomic mass is 10.0. The molecule has 0 saturated heterocycles. The summed E-state index contributed by atoms with van der Waals surface area (Å²) in [6.07, 6.45) is 0. The van der Waals surface area contributed by atoms with E-state index in [-0.39, 0.29) is 16.3 Å². The molecule has 6 nitrogen and oxygen atoms in total. The fourth-order valence-corrected chi connectivity index (χ4v) is 2.96. The number of rotatable bonds is 5. The van der Waals surface area contributed by atoms with Crippen molar-refractivity contribution in [1.82, 2.24) is 0 Å². The van der Waals surface area contributed by atoms with E-state index in [9.17, 15) is 18.5 Å². The Labute approximate surface area is 129 Å². The summed E-state index contributed by atoms with van der Waals surface area (Å²) < 4.78 is 26.9. The number of nitro groups is 1. The Morgan fingerprint density at radius 1 is 1.00 bits per heavy atom. The van der Waals surface area contributed by atoms with Crippen molar-refractivity contribution in [3.63, 3.8) is 0 Å². The van der Waals surface area contributed by atoms with Gasteiger partial charge in [0.1, 0.15) is 0 Å². The van der Waals surface area contributed by atoms with Crippen molar-refractivity contribution in [2.24, 2.45) is 0 Å². The lowest BCUT2D eigenvalue weighted by Gasteiger charge is -2.10. The molecular weight excluding hydrogens is 304 g/mol. The molecule has 0 atom stereocenters. The predicted molar refractivity (Wildman–Crippen MR) is 84.4 cm³/mol. The number of anilines is 1. The van der Waals surface area contributed by atoms with Crippen molar-refractivity contribution in [2.45, 2.75) is 24.7 Å². The van der Waals surface area contributed by atoms with E-state index in [1.54, 1.807) is 24.3 Å². The second kappa shape index (κ2) is 6.15. The molecular formula is C15H16N2O4S. The maximum Gasteiger partial charge on any atom is 0.269 e. The van der Waals surface area contributed by atoms with Crippen LogP contribution in [0.3, 0.4) is 0 Å². The van der Waals surface area contributed by atoms with E-state index in [1.807, 2.05) is 13.8 Å². The van der Waals surface area contributed by atoms with E-state index < -0.39 is 14.9 Å². The van der Waals surface area contributed by atoms with Gasteiger partial charge in [-0.2, -0.15) is 0 Å². The van der Waals surface area contributed by atoms with E-state index in [0.717, 1.165) is 5.56 Å². The molecule has 0 unspecified atom stereocenters. The minimum absolute atomic E-state index is 0.0933. The van der Waals surface area contributed by atoms with Crippen LogP contribution in [0.2, 0.25) is 0 Å². The van der Waals surface area contributed by atoms with Crippen LogP contribution >= 0.6 is 0 Å². The lowest BCUT2D eigenvalue weighted by molar-refractivity contribution is -0.384. The Morgan fingerprint density at radius 3 is 2.00 bits per heavy atom. The van der Waals surface area contributed by atoms with Gasteiger partial charge < -0.3 is 0 Å². The third-order valence-corrected chi connectivity index (χ3v) is 4.58. The predicted octanol–water partition coefficient (Wildman–Crippen LogP) is 3.52. The third-order valence-electron chi connectivity index (χ3n) is 3.19. The number of benzene rings is 2. The Morgan fingerprint density at radius 2 is 1.55 bits per heavy atom. The van der Waals surface area contributed by atoms with Crippen molar-refractivity contribution in [3.8, 4) is 0 Å². The number of sulfonamides is 1. The first kappa shape index (κ1) is 16.0. The van der Waals surface area contributed by atoms with E-state index in [1.165, 1.54) is 24.3 Å².